The number of hydrogen-bond acceptors (Lipinski definition) is 5. The number of carbonyl (C=O) groups is 2. The number of amides is 2. The fourth-order valence-electron chi connectivity index (χ4n) is 4.34. The number of halogens is 1. The average molecular weight is 538 g/mol. The highest BCUT2D eigenvalue weighted by Crippen LogP contribution is 2.47. The lowest BCUT2D eigenvalue weighted by Gasteiger charge is -2.16. The molecule has 194 valence electrons. The zero-order valence-electron chi connectivity index (χ0n) is 21.0. The Balaban J connectivity index is 1.17. The maximum Gasteiger partial charge on any atom is 0.240 e. The van der Waals surface area contributed by atoms with E-state index in [9.17, 15) is 9.59 Å². The van der Waals surface area contributed by atoms with E-state index in [0.29, 0.717) is 24.3 Å². The SMILES string of the molecule is Cc1ccc(-c2cc3nccc(Oc4ccc(NC(=O)C5(C(=O)Nc6ccccc6)CC5)cc4F)c3s2)cc1. The van der Waals surface area contributed by atoms with Crippen molar-refractivity contribution >= 4 is 44.7 Å². The van der Waals surface area contributed by atoms with Gasteiger partial charge in [-0.3, -0.25) is 14.6 Å². The molecular weight excluding hydrogens is 513 g/mol. The zero-order valence-corrected chi connectivity index (χ0v) is 21.8. The lowest BCUT2D eigenvalue weighted by molar-refractivity contribution is -0.131. The minimum absolute atomic E-state index is 0.0220. The molecule has 2 heterocycles. The molecule has 0 atom stereocenters. The third kappa shape index (κ3) is 4.98. The number of fused-ring (bicyclic) bond motifs is 1. The Bertz CT molecular complexity index is 1700. The molecule has 2 aromatic heterocycles. The summed E-state index contributed by atoms with van der Waals surface area (Å²) >= 11 is 1.53. The van der Waals surface area contributed by atoms with Gasteiger partial charge in [0.1, 0.15) is 11.2 Å². The molecule has 2 amide bonds. The number of pyridine rings is 1. The molecule has 0 unspecified atom stereocenters. The van der Waals surface area contributed by atoms with Crippen LogP contribution in [0.2, 0.25) is 0 Å². The first-order chi connectivity index (χ1) is 18.9. The van der Waals surface area contributed by atoms with Crippen LogP contribution in [0.4, 0.5) is 15.8 Å². The summed E-state index contributed by atoms with van der Waals surface area (Å²) in [5.74, 6) is -0.940. The number of aromatic nitrogens is 1. The van der Waals surface area contributed by atoms with Gasteiger partial charge in [0.2, 0.25) is 11.8 Å². The van der Waals surface area contributed by atoms with Crippen LogP contribution < -0.4 is 15.4 Å². The highest BCUT2D eigenvalue weighted by atomic mass is 32.1. The van der Waals surface area contributed by atoms with Crippen LogP contribution in [-0.2, 0) is 9.59 Å². The van der Waals surface area contributed by atoms with Crippen molar-refractivity contribution in [2.24, 2.45) is 5.41 Å². The minimum atomic E-state index is -1.15. The van der Waals surface area contributed by atoms with E-state index in [1.165, 1.54) is 29.0 Å². The molecule has 8 heteroatoms. The van der Waals surface area contributed by atoms with Crippen molar-refractivity contribution in [2.75, 3.05) is 10.6 Å². The van der Waals surface area contributed by atoms with E-state index < -0.39 is 17.1 Å². The molecule has 6 rings (SSSR count). The van der Waals surface area contributed by atoms with Crippen LogP contribution in [0.3, 0.4) is 0 Å². The molecule has 39 heavy (non-hydrogen) atoms. The summed E-state index contributed by atoms with van der Waals surface area (Å²) in [6.45, 7) is 2.04. The third-order valence-electron chi connectivity index (χ3n) is 6.77. The van der Waals surface area contributed by atoms with Gasteiger partial charge in [-0.2, -0.15) is 0 Å². The van der Waals surface area contributed by atoms with Gasteiger partial charge in [-0.05, 0) is 55.7 Å². The molecule has 0 spiro atoms. The maximum atomic E-state index is 15.1. The molecule has 0 radical (unpaired) electrons. The molecule has 6 nitrogen and oxygen atoms in total. The summed E-state index contributed by atoms with van der Waals surface area (Å²) in [4.78, 5) is 31.2. The van der Waals surface area contributed by atoms with Gasteiger partial charge in [-0.1, -0.05) is 48.0 Å². The van der Waals surface area contributed by atoms with Crippen molar-refractivity contribution in [1.29, 1.82) is 0 Å². The monoisotopic (exact) mass is 537 g/mol. The van der Waals surface area contributed by atoms with Crippen LogP contribution >= 0.6 is 11.3 Å². The van der Waals surface area contributed by atoms with E-state index in [1.807, 2.05) is 19.1 Å². The van der Waals surface area contributed by atoms with Gasteiger partial charge in [-0.25, -0.2) is 4.39 Å². The van der Waals surface area contributed by atoms with Gasteiger partial charge in [0.25, 0.3) is 0 Å². The lowest BCUT2D eigenvalue weighted by atomic mass is 10.0. The fourth-order valence-corrected chi connectivity index (χ4v) is 5.41. The molecule has 0 aliphatic heterocycles. The number of aryl methyl sites for hydroxylation is 1. The van der Waals surface area contributed by atoms with Gasteiger partial charge < -0.3 is 15.4 Å². The lowest BCUT2D eigenvalue weighted by Crippen LogP contribution is -2.35. The molecule has 0 bridgehead atoms. The summed E-state index contributed by atoms with van der Waals surface area (Å²) < 4.78 is 21.8. The van der Waals surface area contributed by atoms with E-state index in [4.69, 9.17) is 4.74 Å². The van der Waals surface area contributed by atoms with Crippen LogP contribution in [0, 0.1) is 18.2 Å². The summed E-state index contributed by atoms with van der Waals surface area (Å²) in [7, 11) is 0. The summed E-state index contributed by atoms with van der Waals surface area (Å²) in [6.07, 6.45) is 2.50. The summed E-state index contributed by atoms with van der Waals surface area (Å²) in [5.41, 5.74) is 2.74. The molecule has 3 aromatic carbocycles. The van der Waals surface area contributed by atoms with Gasteiger partial charge >= 0.3 is 0 Å². The largest absolute Gasteiger partial charge is 0.453 e. The van der Waals surface area contributed by atoms with Crippen LogP contribution in [0.15, 0.2) is 91.1 Å². The first-order valence-corrected chi connectivity index (χ1v) is 13.3. The van der Waals surface area contributed by atoms with Crippen LogP contribution in [0.25, 0.3) is 20.7 Å². The molecule has 1 saturated carbocycles. The van der Waals surface area contributed by atoms with E-state index in [2.05, 4.69) is 39.9 Å². The second kappa shape index (κ2) is 9.96. The van der Waals surface area contributed by atoms with E-state index in [1.54, 1.807) is 42.6 Å². The van der Waals surface area contributed by atoms with Gasteiger partial charge in [0.05, 0.1) is 10.2 Å². The Morgan fingerprint density at radius 3 is 2.28 bits per heavy atom. The van der Waals surface area contributed by atoms with Gasteiger partial charge in [0.15, 0.2) is 11.6 Å². The molecule has 2 N–H and O–H groups in total. The van der Waals surface area contributed by atoms with Crippen molar-refractivity contribution in [3.8, 4) is 21.9 Å². The van der Waals surface area contributed by atoms with Crippen LogP contribution in [0.5, 0.6) is 11.5 Å². The third-order valence-corrected chi connectivity index (χ3v) is 7.96. The predicted molar refractivity (Wildman–Crippen MR) is 152 cm³/mol. The maximum absolute atomic E-state index is 15.1. The number of thiophene rings is 1. The fraction of sp³-hybridized carbons (Fsp3) is 0.129. The Morgan fingerprint density at radius 2 is 1.59 bits per heavy atom. The Labute approximate surface area is 228 Å². The highest BCUT2D eigenvalue weighted by molar-refractivity contribution is 7.22. The zero-order chi connectivity index (χ0) is 27.0. The van der Waals surface area contributed by atoms with Gasteiger partial charge in [0, 0.05) is 34.6 Å². The molecular formula is C31H24FN3O3S. The number of nitrogens with zero attached hydrogens (tertiary/aromatic N) is 1. The van der Waals surface area contributed by atoms with Crippen molar-refractivity contribution in [2.45, 2.75) is 19.8 Å². The van der Waals surface area contributed by atoms with Crippen molar-refractivity contribution in [1.82, 2.24) is 4.98 Å². The normalized spacial score (nSPS) is 13.6. The number of rotatable bonds is 7. The number of nitrogens with one attached hydrogen (secondary N) is 2. The Kier molecular flexibility index (Phi) is 6.32. The van der Waals surface area contributed by atoms with Crippen molar-refractivity contribution in [3.05, 3.63) is 103 Å². The number of ether oxygens (including phenoxy) is 1. The summed E-state index contributed by atoms with van der Waals surface area (Å²) in [6, 6.07) is 25.1. The Hall–Kier alpha value is -4.56. The molecule has 1 fully saturated rings. The second-order valence-corrected chi connectivity index (χ2v) is 10.7. The number of para-hydroxylation sites is 1. The smallest absolute Gasteiger partial charge is 0.240 e. The number of benzene rings is 3. The number of hydrogen-bond donors (Lipinski definition) is 2. The molecule has 1 aliphatic carbocycles. The first-order valence-electron chi connectivity index (χ1n) is 12.5. The predicted octanol–water partition coefficient (Wildman–Crippen LogP) is 7.56. The van der Waals surface area contributed by atoms with Crippen LogP contribution in [0.1, 0.15) is 18.4 Å². The standard InChI is InChI=1S/C31H24FN3O3S/c1-19-7-9-20(10-8-19)27-18-24-28(39-27)26(13-16-33-24)38-25-12-11-22(17-23(25)32)35-30(37)31(14-15-31)29(36)34-21-5-3-2-4-6-21/h2-13,16-18H,14-15H2,1H3,(H,34,36)(H,35,37). The van der Waals surface area contributed by atoms with E-state index >= 15 is 4.39 Å². The van der Waals surface area contributed by atoms with Crippen LogP contribution in [-0.4, -0.2) is 16.8 Å². The highest BCUT2D eigenvalue weighted by Gasteiger charge is 2.56. The molecule has 1 aliphatic rings. The quantitative estimate of drug-likeness (QED) is 0.210. The average Bonchev–Trinajstić information content (AvgIpc) is 3.64. The minimum Gasteiger partial charge on any atom is -0.453 e. The molecule has 0 saturated heterocycles. The van der Waals surface area contributed by atoms with Crippen molar-refractivity contribution < 1.29 is 18.7 Å². The number of carbonyl (C=O) groups excluding carboxylic acids is 2. The summed E-state index contributed by atoms with van der Waals surface area (Å²) in [5, 5.41) is 5.49. The molecule has 5 aromatic rings. The topological polar surface area (TPSA) is 80.3 Å². The van der Waals surface area contributed by atoms with E-state index in [-0.39, 0.29) is 17.3 Å². The van der Waals surface area contributed by atoms with Crippen molar-refractivity contribution in [3.63, 3.8) is 0 Å². The number of anilines is 2. The van der Waals surface area contributed by atoms with E-state index in [0.717, 1.165) is 20.7 Å². The Morgan fingerprint density at radius 1 is 0.872 bits per heavy atom. The first kappa shape index (κ1) is 24.8. The second-order valence-electron chi connectivity index (χ2n) is 9.60. The van der Waals surface area contributed by atoms with Gasteiger partial charge in [-0.15, -0.1) is 11.3 Å².